The van der Waals surface area contributed by atoms with Gasteiger partial charge in [-0.1, -0.05) is 91.6 Å². The third kappa shape index (κ3) is 21.5. The molecule has 23 heteroatoms. The van der Waals surface area contributed by atoms with Gasteiger partial charge in [0.2, 0.25) is 17.7 Å². The van der Waals surface area contributed by atoms with E-state index in [4.69, 9.17) is 23.8 Å². The second-order valence-electron chi connectivity index (χ2n) is 27.8. The minimum Gasteiger partial charge on any atom is -0.460 e. The van der Waals surface area contributed by atoms with Crippen LogP contribution in [-0.2, 0) is 71.7 Å². The Hall–Kier alpha value is -6.43. The van der Waals surface area contributed by atoms with Crippen LogP contribution in [0.4, 0.5) is 4.79 Å². The number of likely N-dealkylation sites (tertiary alicyclic amines) is 1. The van der Waals surface area contributed by atoms with Crippen LogP contribution in [0, 0.1) is 35.0 Å². The molecule has 1 aliphatic carbocycles. The van der Waals surface area contributed by atoms with Gasteiger partial charge in [-0.2, -0.15) is 0 Å². The summed E-state index contributed by atoms with van der Waals surface area (Å²) in [6.07, 6.45) is 4.72. The Morgan fingerprint density at radius 3 is 2.05 bits per heavy atom. The fourth-order valence-corrected chi connectivity index (χ4v) is 13.7. The van der Waals surface area contributed by atoms with Crippen LogP contribution < -0.4 is 10.6 Å². The number of carbonyl (C=O) groups excluding carboxylic acids is 11. The first-order valence-corrected chi connectivity index (χ1v) is 33.8. The highest BCUT2D eigenvalue weighted by Crippen LogP contribution is 2.63. The van der Waals surface area contributed by atoms with E-state index in [1.54, 1.807) is 51.8 Å². The van der Waals surface area contributed by atoms with Crippen LogP contribution in [0.5, 0.6) is 0 Å². The van der Waals surface area contributed by atoms with E-state index in [0.29, 0.717) is 64.6 Å². The molecule has 23 nitrogen and oxygen atoms in total. The Balaban J connectivity index is 1.18. The molecule has 1 saturated carbocycles. The maximum absolute atomic E-state index is 15.0. The normalized spacial score (nSPS) is 21.2. The van der Waals surface area contributed by atoms with Gasteiger partial charge in [0, 0.05) is 90.6 Å². The molecule has 0 unspecified atom stereocenters. The maximum atomic E-state index is 15.0. The molecule has 2 N–H and O–H groups in total. The number of nitrogens with one attached hydrogen (secondary N) is 2. The zero-order chi connectivity index (χ0) is 69.1. The maximum Gasteiger partial charge on any atom is 0.408 e. The summed E-state index contributed by atoms with van der Waals surface area (Å²) >= 11 is 0. The van der Waals surface area contributed by atoms with Crippen molar-refractivity contribution < 1.29 is 76.5 Å². The van der Waals surface area contributed by atoms with Gasteiger partial charge in [-0.15, -0.1) is 0 Å². The van der Waals surface area contributed by atoms with Crippen molar-refractivity contribution in [3.05, 3.63) is 48.0 Å². The van der Waals surface area contributed by atoms with E-state index in [2.05, 4.69) is 10.6 Å². The predicted molar refractivity (Wildman–Crippen MR) is 348 cm³/mol. The number of hydrogen-bond acceptors (Lipinski definition) is 17. The van der Waals surface area contributed by atoms with Gasteiger partial charge in [-0.25, -0.2) is 9.86 Å². The summed E-state index contributed by atoms with van der Waals surface area (Å²) in [6, 6.07) is 6.81. The lowest BCUT2D eigenvalue weighted by molar-refractivity contribution is -0.203. The predicted octanol–water partition coefficient (Wildman–Crippen LogP) is 7.56. The molecule has 0 radical (unpaired) electrons. The first kappa shape index (κ1) is 77.3. The number of ketones is 3. The van der Waals surface area contributed by atoms with Crippen LogP contribution >= 0.6 is 0 Å². The van der Waals surface area contributed by atoms with E-state index in [1.807, 2.05) is 83.7 Å². The first-order valence-electron chi connectivity index (χ1n) is 33.8. The highest BCUT2D eigenvalue weighted by atomic mass is 16.7. The second kappa shape index (κ2) is 35.9. The van der Waals surface area contributed by atoms with Gasteiger partial charge in [0.15, 0.2) is 11.6 Å². The fraction of sp³-hybridized carbons (Fsp3) is 0.729. The van der Waals surface area contributed by atoms with E-state index in [1.165, 1.54) is 31.2 Å². The number of ether oxygens (including phenoxy) is 4. The molecular weight excluding hydrogens is 1190 g/mol. The van der Waals surface area contributed by atoms with Crippen LogP contribution in [0.1, 0.15) is 184 Å². The van der Waals surface area contributed by atoms with E-state index in [9.17, 15) is 52.7 Å². The molecule has 7 amide bonds. The minimum atomic E-state index is -1.38. The van der Waals surface area contributed by atoms with Gasteiger partial charge in [-0.05, 0) is 122 Å². The van der Waals surface area contributed by atoms with Crippen molar-refractivity contribution in [2.75, 3.05) is 67.6 Å². The highest BCUT2D eigenvalue weighted by molar-refractivity contribution is 6.12. The zero-order valence-electron chi connectivity index (χ0n) is 58.2. The van der Waals surface area contributed by atoms with Crippen molar-refractivity contribution in [1.82, 2.24) is 35.3 Å². The quantitative estimate of drug-likeness (QED) is 0.0367. The SMILES string of the molecule is CC[C@H](C)[C@@H]([C@@H](CC(=O)N1CCC[C@H]1[C@H](OC)[C@@H](C)C(=O)C[C@@]1(C(=O)N2CCCCO2)C[C@@H]1c1ccccc1)OC)N(C)C(=O)[C@@H](CC(=O)[C@H](C(C)C)N(C)CCCC(=O)O[C@H](C)[C@H](NC(=O)OC(C)(C)C)C(=O)CNC(=O)CCCCCN1C(=O)C=CC1=O)C(C)C. The molecule has 0 aromatic heterocycles. The van der Waals surface area contributed by atoms with Crippen molar-refractivity contribution in [3.63, 3.8) is 0 Å². The number of Topliss-reactive ketones (excluding diaryl/α,β-unsaturated/α-hetero) is 3. The van der Waals surface area contributed by atoms with E-state index in [-0.39, 0.29) is 116 Å². The van der Waals surface area contributed by atoms with Crippen molar-refractivity contribution in [2.24, 2.45) is 35.0 Å². The zero-order valence-corrected chi connectivity index (χ0v) is 58.2. The van der Waals surface area contributed by atoms with Gasteiger partial charge in [0.1, 0.15) is 23.5 Å². The number of esters is 1. The van der Waals surface area contributed by atoms with Crippen LogP contribution in [0.25, 0.3) is 0 Å². The van der Waals surface area contributed by atoms with Crippen molar-refractivity contribution in [2.45, 2.75) is 226 Å². The molecule has 5 rings (SSSR count). The first-order chi connectivity index (χ1) is 43.9. The van der Waals surface area contributed by atoms with Crippen LogP contribution in [0.2, 0.25) is 0 Å². The molecule has 1 aromatic rings. The Morgan fingerprint density at radius 2 is 1.46 bits per heavy atom. The Bertz CT molecular complexity index is 2750. The topological polar surface area (TPSA) is 274 Å². The number of rotatable bonds is 38. The lowest BCUT2D eigenvalue weighted by Crippen LogP contribution is -2.54. The van der Waals surface area contributed by atoms with Crippen molar-refractivity contribution >= 4 is 64.9 Å². The van der Waals surface area contributed by atoms with E-state index >= 15 is 0 Å². The number of hydroxylamine groups is 2. The molecule has 0 spiro atoms. The average molecular weight is 1300 g/mol. The Kier molecular flexibility index (Phi) is 29.8. The number of benzene rings is 1. The molecule has 93 heavy (non-hydrogen) atoms. The lowest BCUT2D eigenvalue weighted by Gasteiger charge is -2.41. The van der Waals surface area contributed by atoms with Crippen molar-refractivity contribution in [1.29, 1.82) is 0 Å². The molecule has 2 saturated heterocycles. The fourth-order valence-electron chi connectivity index (χ4n) is 13.7. The number of imide groups is 1. The van der Waals surface area contributed by atoms with Crippen LogP contribution in [0.15, 0.2) is 42.5 Å². The van der Waals surface area contributed by atoms with Gasteiger partial charge in [0.05, 0.1) is 55.3 Å². The largest absolute Gasteiger partial charge is 0.460 e. The molecule has 520 valence electrons. The number of alkyl carbamates (subject to hydrolysis) is 1. The molecular formula is C70H109N7O16. The summed E-state index contributed by atoms with van der Waals surface area (Å²) in [5, 5.41) is 6.52. The number of nitrogens with zero attached hydrogens (tertiary/aromatic N) is 5. The summed E-state index contributed by atoms with van der Waals surface area (Å²) in [5.41, 5.74) is -0.850. The molecule has 3 fully saturated rings. The second-order valence-corrected chi connectivity index (χ2v) is 27.8. The number of hydrogen-bond donors (Lipinski definition) is 2. The summed E-state index contributed by atoms with van der Waals surface area (Å²) in [7, 11) is 6.60. The monoisotopic (exact) mass is 1300 g/mol. The van der Waals surface area contributed by atoms with Crippen molar-refractivity contribution in [3.8, 4) is 0 Å². The molecule has 1 aromatic carbocycles. The summed E-state index contributed by atoms with van der Waals surface area (Å²) < 4.78 is 23.4. The summed E-state index contributed by atoms with van der Waals surface area (Å²) in [5.74, 6) is -5.44. The van der Waals surface area contributed by atoms with Gasteiger partial charge >= 0.3 is 12.1 Å². The minimum absolute atomic E-state index is 0.0206. The van der Waals surface area contributed by atoms with Gasteiger partial charge in [0.25, 0.3) is 17.7 Å². The third-order valence-electron chi connectivity index (χ3n) is 19.1. The Morgan fingerprint density at radius 1 is 0.785 bits per heavy atom. The van der Waals surface area contributed by atoms with Gasteiger partial charge < -0.3 is 39.4 Å². The molecule has 3 heterocycles. The smallest absolute Gasteiger partial charge is 0.408 e. The molecule has 4 aliphatic rings. The molecule has 0 bridgehead atoms. The average Bonchev–Trinajstić information content (AvgIpc) is 1.56. The van der Waals surface area contributed by atoms with E-state index < -0.39 is 95.6 Å². The molecule has 12 atom stereocenters. The van der Waals surface area contributed by atoms with E-state index in [0.717, 1.165) is 23.3 Å². The number of methoxy groups -OCH3 is 2. The van der Waals surface area contributed by atoms with Gasteiger partial charge in [-0.3, -0.25) is 62.6 Å². The number of carbonyl (C=O) groups is 11. The lowest BCUT2D eigenvalue weighted by atomic mass is 9.83. The standard InChI is InChI=1S/C70H109N7O16/c1-16-46(6)64(56(89-14)40-60(84)75-36-25-29-52(75)65(90-15)47(7)54(79)42-70(67(87)77-37-23-24-38-91-77)41-51(70)49-27-19-17-20-28-49)74(13)66(86)50(44(2)3)39-53(78)63(45(4)5)73(12)34-26-31-61(85)92-48(8)62(72-68(88)93-69(9,10)11)55(80)43-71-57(81)30-21-18-22-35-76-58(82)32-33-59(76)83/h17,19-20,27-28,32-33,44-48,50-52,56,62-65H,16,18,21-26,29-31,34-43H2,1-15H3,(H,71,81)(H,72,88)/t46-,47-,48+,50-,51+,52-,56+,62-,63-,64-,65+,70-/m0/s1. The van der Waals surface area contributed by atoms with Crippen LogP contribution in [0.3, 0.4) is 0 Å². The summed E-state index contributed by atoms with van der Waals surface area (Å²) in [6.45, 7) is 21.3. The highest BCUT2D eigenvalue weighted by Gasteiger charge is 2.63. The number of unbranched alkanes of at least 4 members (excludes halogenated alkanes) is 2. The number of amides is 7. The van der Waals surface area contributed by atoms with Crippen LogP contribution in [-0.4, -0.2) is 205 Å². The third-order valence-corrected chi connectivity index (χ3v) is 19.1. The summed E-state index contributed by atoms with van der Waals surface area (Å²) in [4.78, 5) is 162. The molecule has 3 aliphatic heterocycles. The number of likely N-dealkylation sites (N-methyl/N-ethyl adjacent to an activating group) is 2. The Labute approximate surface area is 551 Å².